The molecule has 1 N–H and O–H groups in total. The molecule has 1 aliphatic carbocycles. The number of hydrogen-bond acceptors (Lipinski definition) is 2. The maximum Gasteiger partial charge on any atom is 0.147 e. The Morgan fingerprint density at radius 2 is 1.64 bits per heavy atom. The highest BCUT2D eigenvalue weighted by Crippen LogP contribution is 2.35. The smallest absolute Gasteiger partial charge is 0.147 e. The first-order valence-electron chi connectivity index (χ1n) is 8.54. The summed E-state index contributed by atoms with van der Waals surface area (Å²) in [4.78, 5) is 0. The van der Waals surface area contributed by atoms with Crippen LogP contribution in [0.1, 0.15) is 63.9 Å². The van der Waals surface area contributed by atoms with Gasteiger partial charge in [0.05, 0.1) is 15.6 Å². The molecule has 124 valence electrons. The van der Waals surface area contributed by atoms with E-state index in [4.69, 9.17) is 4.74 Å². The van der Waals surface area contributed by atoms with Crippen molar-refractivity contribution >= 4 is 31.9 Å². The molecule has 0 saturated heterocycles. The molecule has 2 rings (SSSR count). The van der Waals surface area contributed by atoms with E-state index in [0.29, 0.717) is 6.04 Å². The molecule has 22 heavy (non-hydrogen) atoms. The lowest BCUT2D eigenvalue weighted by Crippen LogP contribution is -2.29. The van der Waals surface area contributed by atoms with Crippen LogP contribution >= 0.6 is 31.9 Å². The third-order valence-electron chi connectivity index (χ3n) is 4.21. The van der Waals surface area contributed by atoms with Gasteiger partial charge in [-0.25, -0.2) is 0 Å². The summed E-state index contributed by atoms with van der Waals surface area (Å²) in [6, 6.07) is 5.02. The topological polar surface area (TPSA) is 21.3 Å². The summed E-state index contributed by atoms with van der Waals surface area (Å²) < 4.78 is 7.85. The normalized spacial score (nSPS) is 17.0. The summed E-state index contributed by atoms with van der Waals surface area (Å²) in [7, 11) is 0. The molecule has 2 nitrogen and oxygen atoms in total. The molecule has 0 amide bonds. The molecule has 1 saturated carbocycles. The second kappa shape index (κ2) is 9.94. The summed E-state index contributed by atoms with van der Waals surface area (Å²) in [5.74, 6) is 0.913. The van der Waals surface area contributed by atoms with Gasteiger partial charge in [-0.3, -0.25) is 0 Å². The Bertz CT molecular complexity index is 433. The lowest BCUT2D eigenvalue weighted by atomic mass is 9.96. The van der Waals surface area contributed by atoms with Gasteiger partial charge in [-0.05, 0) is 68.8 Å². The van der Waals surface area contributed by atoms with Crippen molar-refractivity contribution in [2.24, 2.45) is 0 Å². The van der Waals surface area contributed by atoms with E-state index in [2.05, 4.69) is 56.2 Å². The summed E-state index contributed by atoms with van der Waals surface area (Å²) in [6.07, 6.45) is 10.6. The number of benzene rings is 1. The molecular weight excluding hydrogens is 406 g/mol. The minimum Gasteiger partial charge on any atom is -0.491 e. The van der Waals surface area contributed by atoms with Gasteiger partial charge in [0.25, 0.3) is 0 Å². The van der Waals surface area contributed by atoms with E-state index in [1.807, 2.05) is 0 Å². The lowest BCUT2D eigenvalue weighted by molar-refractivity contribution is 0.313. The minimum atomic E-state index is 0.675. The molecule has 0 radical (unpaired) electrons. The van der Waals surface area contributed by atoms with E-state index in [1.54, 1.807) is 0 Å². The van der Waals surface area contributed by atoms with E-state index in [0.717, 1.165) is 34.3 Å². The Morgan fingerprint density at radius 3 is 2.23 bits per heavy atom. The molecule has 0 heterocycles. The van der Waals surface area contributed by atoms with Gasteiger partial charge in [-0.1, -0.05) is 39.0 Å². The fraction of sp³-hybridized carbons (Fsp3) is 0.667. The van der Waals surface area contributed by atoms with Crippen molar-refractivity contribution in [3.05, 3.63) is 26.6 Å². The first kappa shape index (κ1) is 18.3. The maximum atomic E-state index is 5.78. The van der Waals surface area contributed by atoms with Crippen molar-refractivity contribution < 1.29 is 4.74 Å². The molecule has 1 aromatic carbocycles. The molecule has 1 aromatic rings. The third kappa shape index (κ3) is 5.86. The molecule has 0 aliphatic heterocycles. The van der Waals surface area contributed by atoms with Gasteiger partial charge < -0.3 is 10.1 Å². The number of hydrogen-bond donors (Lipinski definition) is 1. The average Bonchev–Trinajstić information content (AvgIpc) is 2.45. The first-order valence-corrected chi connectivity index (χ1v) is 10.1. The molecule has 1 fully saturated rings. The Labute approximate surface area is 151 Å². The van der Waals surface area contributed by atoms with Crippen LogP contribution in [0, 0.1) is 0 Å². The molecule has 0 atom stereocenters. The van der Waals surface area contributed by atoms with Crippen LogP contribution in [0.2, 0.25) is 0 Å². The predicted octanol–water partition coefficient (Wildman–Crippen LogP) is 6.20. The maximum absolute atomic E-state index is 5.78. The van der Waals surface area contributed by atoms with Crippen LogP contribution in [0.4, 0.5) is 0 Å². The van der Waals surface area contributed by atoms with E-state index in [1.165, 1.54) is 50.5 Å². The second-order valence-corrected chi connectivity index (χ2v) is 7.87. The number of rotatable bonds is 6. The second-order valence-electron chi connectivity index (χ2n) is 6.16. The van der Waals surface area contributed by atoms with Crippen LogP contribution in [-0.4, -0.2) is 12.6 Å². The van der Waals surface area contributed by atoms with Crippen LogP contribution in [0.3, 0.4) is 0 Å². The van der Waals surface area contributed by atoms with Crippen LogP contribution < -0.4 is 10.1 Å². The van der Waals surface area contributed by atoms with E-state index >= 15 is 0 Å². The summed E-state index contributed by atoms with van der Waals surface area (Å²) >= 11 is 7.27. The van der Waals surface area contributed by atoms with Gasteiger partial charge in [0.2, 0.25) is 0 Å². The Balaban J connectivity index is 1.91. The Hall–Kier alpha value is -0.0600. The molecular formula is C18H27Br2NO. The lowest BCUT2D eigenvalue weighted by Gasteiger charge is -2.21. The van der Waals surface area contributed by atoms with Gasteiger partial charge >= 0.3 is 0 Å². The largest absolute Gasteiger partial charge is 0.491 e. The number of halogens is 2. The third-order valence-corrected chi connectivity index (χ3v) is 5.39. The molecule has 0 unspecified atom stereocenters. The van der Waals surface area contributed by atoms with Crippen molar-refractivity contribution in [1.82, 2.24) is 5.32 Å². The van der Waals surface area contributed by atoms with Crippen LogP contribution in [0.15, 0.2) is 21.1 Å². The van der Waals surface area contributed by atoms with Crippen LogP contribution in [0.25, 0.3) is 0 Å². The van der Waals surface area contributed by atoms with Gasteiger partial charge in [-0.2, -0.15) is 0 Å². The van der Waals surface area contributed by atoms with E-state index in [9.17, 15) is 0 Å². The van der Waals surface area contributed by atoms with Gasteiger partial charge in [0.15, 0.2) is 0 Å². The molecule has 0 spiro atoms. The minimum absolute atomic E-state index is 0.675. The van der Waals surface area contributed by atoms with E-state index < -0.39 is 0 Å². The first-order chi connectivity index (χ1) is 10.7. The number of ether oxygens (including phenoxy) is 1. The quantitative estimate of drug-likeness (QED) is 0.577. The monoisotopic (exact) mass is 431 g/mol. The van der Waals surface area contributed by atoms with Crippen LogP contribution in [0.5, 0.6) is 5.75 Å². The fourth-order valence-corrected chi connectivity index (χ4v) is 4.49. The zero-order valence-corrected chi connectivity index (χ0v) is 16.6. The predicted molar refractivity (Wildman–Crippen MR) is 101 cm³/mol. The van der Waals surface area contributed by atoms with Gasteiger partial charge in [0.1, 0.15) is 5.75 Å². The van der Waals surface area contributed by atoms with Crippen molar-refractivity contribution in [2.75, 3.05) is 6.61 Å². The standard InChI is InChI=1S/C18H27Br2NO/c1-2-10-22-18-16(19)11-14(12-17(18)20)13-21-15-8-6-4-3-5-7-9-15/h11-12,15,21H,2-10,13H2,1H3. The molecule has 0 aromatic heterocycles. The van der Waals surface area contributed by atoms with E-state index in [-0.39, 0.29) is 0 Å². The van der Waals surface area contributed by atoms with Gasteiger partial charge in [0, 0.05) is 12.6 Å². The summed E-state index contributed by atoms with van der Waals surface area (Å²) in [5, 5.41) is 3.74. The highest BCUT2D eigenvalue weighted by molar-refractivity contribution is 9.11. The van der Waals surface area contributed by atoms with Crippen molar-refractivity contribution in [1.29, 1.82) is 0 Å². The van der Waals surface area contributed by atoms with Crippen LogP contribution in [-0.2, 0) is 6.54 Å². The summed E-state index contributed by atoms with van der Waals surface area (Å²) in [6.45, 7) is 3.79. The average molecular weight is 433 g/mol. The van der Waals surface area contributed by atoms with Crippen molar-refractivity contribution in [3.63, 3.8) is 0 Å². The molecule has 4 heteroatoms. The zero-order chi connectivity index (χ0) is 15.8. The summed E-state index contributed by atoms with van der Waals surface area (Å²) in [5.41, 5.74) is 1.30. The van der Waals surface area contributed by atoms with Crippen molar-refractivity contribution in [2.45, 2.75) is 70.9 Å². The van der Waals surface area contributed by atoms with Gasteiger partial charge in [-0.15, -0.1) is 0 Å². The zero-order valence-electron chi connectivity index (χ0n) is 13.5. The highest BCUT2D eigenvalue weighted by Gasteiger charge is 2.12. The Morgan fingerprint density at radius 1 is 1.05 bits per heavy atom. The fourth-order valence-electron chi connectivity index (χ4n) is 2.98. The Kier molecular flexibility index (Phi) is 8.26. The molecule has 1 aliphatic rings. The molecule has 0 bridgehead atoms. The van der Waals surface area contributed by atoms with Crippen molar-refractivity contribution in [3.8, 4) is 5.75 Å². The highest BCUT2D eigenvalue weighted by atomic mass is 79.9. The number of nitrogens with one attached hydrogen (secondary N) is 1. The SMILES string of the molecule is CCCOc1c(Br)cc(CNC2CCCCCCC2)cc1Br.